The third kappa shape index (κ3) is 6.85. The second kappa shape index (κ2) is 11.0. The fraction of sp³-hybridized carbons (Fsp3) is 0.235. The average molecular weight is 366 g/mol. The summed E-state index contributed by atoms with van der Waals surface area (Å²) in [5.74, 6) is -0.351. The van der Waals surface area contributed by atoms with Crippen LogP contribution in [0.15, 0.2) is 59.1 Å². The molecule has 0 saturated heterocycles. The molecule has 0 aliphatic rings. The van der Waals surface area contributed by atoms with Crippen molar-refractivity contribution < 1.29 is 14.6 Å². The summed E-state index contributed by atoms with van der Waals surface area (Å²) in [5.41, 5.74) is 1.54. The van der Waals surface area contributed by atoms with Crippen LogP contribution < -0.4 is 5.32 Å². The van der Waals surface area contributed by atoms with Gasteiger partial charge < -0.3 is 15.2 Å². The molecule has 0 fully saturated rings. The van der Waals surface area contributed by atoms with Crippen LogP contribution in [0, 0.1) is 0 Å². The summed E-state index contributed by atoms with van der Waals surface area (Å²) in [4.78, 5) is 11.2. The molecule has 2 rings (SSSR count). The molecule has 0 saturated carbocycles. The Hall–Kier alpha value is -1.69. The fourth-order valence-corrected chi connectivity index (χ4v) is 2.14. The standard InChI is InChI=1S/C11H14BrNO3.C6H6/c1-16-11(15)8-2-3-9(10(12)6-8)7-13-4-5-14;1-2-4-6-5-3-1/h2-3,6,13-14H,4-5,7H2,1H3;1-6H. The molecule has 2 aromatic rings. The van der Waals surface area contributed by atoms with Gasteiger partial charge in [0.2, 0.25) is 0 Å². The van der Waals surface area contributed by atoms with E-state index in [1.807, 2.05) is 42.5 Å². The van der Waals surface area contributed by atoms with Gasteiger partial charge in [-0.1, -0.05) is 58.4 Å². The first-order chi connectivity index (χ1) is 10.7. The van der Waals surface area contributed by atoms with Crippen LogP contribution >= 0.6 is 15.9 Å². The first-order valence-corrected chi connectivity index (χ1v) is 7.66. The number of hydrogen-bond acceptors (Lipinski definition) is 4. The topological polar surface area (TPSA) is 58.6 Å². The minimum atomic E-state index is -0.351. The molecule has 5 heteroatoms. The van der Waals surface area contributed by atoms with Crippen molar-refractivity contribution in [3.8, 4) is 0 Å². The maximum Gasteiger partial charge on any atom is 0.337 e. The Morgan fingerprint density at radius 2 is 1.77 bits per heavy atom. The largest absolute Gasteiger partial charge is 0.465 e. The maximum absolute atomic E-state index is 11.2. The van der Waals surface area contributed by atoms with Crippen LogP contribution in [0.2, 0.25) is 0 Å². The second-order valence-electron chi connectivity index (χ2n) is 4.35. The molecule has 0 aliphatic heterocycles. The molecule has 0 unspecified atom stereocenters. The molecular formula is C17H20BrNO3. The van der Waals surface area contributed by atoms with Crippen LogP contribution in [0.5, 0.6) is 0 Å². The van der Waals surface area contributed by atoms with Gasteiger partial charge >= 0.3 is 5.97 Å². The molecule has 0 spiro atoms. The zero-order chi connectivity index (χ0) is 16.2. The van der Waals surface area contributed by atoms with Crippen molar-refractivity contribution in [2.75, 3.05) is 20.3 Å². The lowest BCUT2D eigenvalue weighted by Crippen LogP contribution is -2.17. The first kappa shape index (κ1) is 18.4. The van der Waals surface area contributed by atoms with E-state index in [1.54, 1.807) is 12.1 Å². The van der Waals surface area contributed by atoms with Crippen molar-refractivity contribution in [3.05, 3.63) is 70.2 Å². The lowest BCUT2D eigenvalue weighted by atomic mass is 10.1. The lowest BCUT2D eigenvalue weighted by molar-refractivity contribution is 0.0600. The summed E-state index contributed by atoms with van der Waals surface area (Å²) in [7, 11) is 1.35. The van der Waals surface area contributed by atoms with Gasteiger partial charge in [-0.25, -0.2) is 4.79 Å². The quantitative estimate of drug-likeness (QED) is 0.631. The van der Waals surface area contributed by atoms with E-state index in [-0.39, 0.29) is 12.6 Å². The van der Waals surface area contributed by atoms with Gasteiger partial charge in [0.25, 0.3) is 0 Å². The number of methoxy groups -OCH3 is 1. The maximum atomic E-state index is 11.2. The highest BCUT2D eigenvalue weighted by Gasteiger charge is 2.07. The monoisotopic (exact) mass is 365 g/mol. The third-order valence-corrected chi connectivity index (χ3v) is 3.48. The van der Waals surface area contributed by atoms with Crippen LogP contribution in [0.4, 0.5) is 0 Å². The highest BCUT2D eigenvalue weighted by Crippen LogP contribution is 2.19. The zero-order valence-electron chi connectivity index (χ0n) is 12.5. The molecule has 118 valence electrons. The SMILES string of the molecule is COC(=O)c1ccc(CNCCO)c(Br)c1.c1ccccc1. The smallest absolute Gasteiger partial charge is 0.337 e. The van der Waals surface area contributed by atoms with E-state index in [2.05, 4.69) is 26.0 Å². The number of ether oxygens (including phenoxy) is 1. The number of carbonyl (C=O) groups excluding carboxylic acids is 1. The Balaban J connectivity index is 0.000000335. The van der Waals surface area contributed by atoms with E-state index in [0.717, 1.165) is 10.0 Å². The van der Waals surface area contributed by atoms with E-state index in [1.165, 1.54) is 7.11 Å². The Bertz CT molecular complexity index is 534. The Morgan fingerprint density at radius 3 is 2.23 bits per heavy atom. The number of carbonyl (C=O) groups is 1. The fourth-order valence-electron chi connectivity index (χ4n) is 1.62. The number of hydrogen-bond donors (Lipinski definition) is 2. The van der Waals surface area contributed by atoms with Gasteiger partial charge in [0, 0.05) is 17.6 Å². The molecule has 0 amide bonds. The molecular weight excluding hydrogens is 346 g/mol. The molecule has 0 atom stereocenters. The number of benzene rings is 2. The summed E-state index contributed by atoms with van der Waals surface area (Å²) in [5, 5.41) is 11.7. The number of nitrogens with one attached hydrogen (secondary N) is 1. The highest BCUT2D eigenvalue weighted by molar-refractivity contribution is 9.10. The average Bonchev–Trinajstić information content (AvgIpc) is 2.58. The van der Waals surface area contributed by atoms with Gasteiger partial charge in [0.05, 0.1) is 19.3 Å². The number of halogens is 1. The summed E-state index contributed by atoms with van der Waals surface area (Å²) in [6, 6.07) is 17.3. The van der Waals surface area contributed by atoms with Gasteiger partial charge in [-0.3, -0.25) is 0 Å². The zero-order valence-corrected chi connectivity index (χ0v) is 14.0. The molecule has 0 heterocycles. The minimum Gasteiger partial charge on any atom is -0.465 e. The number of aliphatic hydroxyl groups excluding tert-OH is 1. The van der Waals surface area contributed by atoms with Gasteiger partial charge in [-0.15, -0.1) is 0 Å². The molecule has 0 aromatic heterocycles. The molecule has 2 aromatic carbocycles. The van der Waals surface area contributed by atoms with Crippen molar-refractivity contribution in [1.29, 1.82) is 0 Å². The normalized spacial score (nSPS) is 9.59. The second-order valence-corrected chi connectivity index (χ2v) is 5.21. The molecule has 22 heavy (non-hydrogen) atoms. The van der Waals surface area contributed by atoms with Crippen LogP contribution in [-0.4, -0.2) is 31.3 Å². The van der Waals surface area contributed by atoms with E-state index in [0.29, 0.717) is 18.7 Å². The van der Waals surface area contributed by atoms with Crippen molar-refractivity contribution in [3.63, 3.8) is 0 Å². The molecule has 0 radical (unpaired) electrons. The number of esters is 1. The molecule has 2 N–H and O–H groups in total. The predicted molar refractivity (Wildman–Crippen MR) is 90.7 cm³/mol. The van der Waals surface area contributed by atoms with Crippen molar-refractivity contribution >= 4 is 21.9 Å². The van der Waals surface area contributed by atoms with Crippen molar-refractivity contribution in [2.45, 2.75) is 6.54 Å². The summed E-state index contributed by atoms with van der Waals surface area (Å²) in [6.45, 7) is 1.30. The van der Waals surface area contributed by atoms with Crippen LogP contribution in [0.3, 0.4) is 0 Å². The van der Waals surface area contributed by atoms with Gasteiger partial charge in [0.1, 0.15) is 0 Å². The summed E-state index contributed by atoms with van der Waals surface area (Å²) in [6.07, 6.45) is 0. The summed E-state index contributed by atoms with van der Waals surface area (Å²) < 4.78 is 5.47. The van der Waals surface area contributed by atoms with Crippen molar-refractivity contribution in [1.82, 2.24) is 5.32 Å². The Labute approximate surface area is 139 Å². The van der Waals surface area contributed by atoms with E-state index in [9.17, 15) is 4.79 Å². The van der Waals surface area contributed by atoms with Crippen LogP contribution in [0.1, 0.15) is 15.9 Å². The van der Waals surface area contributed by atoms with E-state index >= 15 is 0 Å². The number of aliphatic hydroxyl groups is 1. The molecule has 4 nitrogen and oxygen atoms in total. The Kier molecular flexibility index (Phi) is 9.14. The van der Waals surface area contributed by atoms with Crippen LogP contribution in [-0.2, 0) is 11.3 Å². The van der Waals surface area contributed by atoms with E-state index < -0.39 is 0 Å². The molecule has 0 aliphatic carbocycles. The first-order valence-electron chi connectivity index (χ1n) is 6.87. The number of rotatable bonds is 5. The minimum absolute atomic E-state index is 0.109. The van der Waals surface area contributed by atoms with Crippen LogP contribution in [0.25, 0.3) is 0 Å². The van der Waals surface area contributed by atoms with Gasteiger partial charge in [-0.05, 0) is 17.7 Å². The molecule has 0 bridgehead atoms. The highest BCUT2D eigenvalue weighted by atomic mass is 79.9. The Morgan fingerprint density at radius 1 is 1.18 bits per heavy atom. The third-order valence-electron chi connectivity index (χ3n) is 2.74. The van der Waals surface area contributed by atoms with Gasteiger partial charge in [-0.2, -0.15) is 0 Å². The summed E-state index contributed by atoms with van der Waals surface area (Å²) >= 11 is 3.39. The van der Waals surface area contributed by atoms with E-state index in [4.69, 9.17) is 5.11 Å². The van der Waals surface area contributed by atoms with Gasteiger partial charge in [0.15, 0.2) is 0 Å². The lowest BCUT2D eigenvalue weighted by Gasteiger charge is -2.07. The predicted octanol–water partition coefficient (Wildman–Crippen LogP) is 3.00. The van der Waals surface area contributed by atoms with Crippen molar-refractivity contribution in [2.24, 2.45) is 0 Å².